The van der Waals surface area contributed by atoms with Crippen molar-refractivity contribution in [1.29, 1.82) is 0 Å². The highest BCUT2D eigenvalue weighted by atomic mass is 35.5. The maximum atomic E-state index is 9.38. The maximum absolute atomic E-state index is 9.38. The highest BCUT2D eigenvalue weighted by molar-refractivity contribution is 6.27. The number of methoxy groups -OCH3 is 2. The van der Waals surface area contributed by atoms with Crippen LogP contribution in [0.2, 0.25) is 6.04 Å². The minimum Gasteiger partial charge on any atom is -1.00 e. The van der Waals surface area contributed by atoms with E-state index in [0.717, 1.165) is 16.9 Å². The number of ether oxygens (including phenoxy) is 2. The molecule has 0 aliphatic rings. The van der Waals surface area contributed by atoms with Gasteiger partial charge in [-0.1, -0.05) is 96.8 Å². The van der Waals surface area contributed by atoms with Crippen LogP contribution >= 0.6 is 0 Å². The molecule has 1 N–H and O–H groups in total. The SMILES string of the molecule is CCCCCCCCCCCCCCCCCC[N+](C)(C)CCC[SiH2]OC(CO)(OC)OC.[Cl-]. The Kier molecular flexibility index (Phi) is 26.8. The molecule has 0 atom stereocenters. The van der Waals surface area contributed by atoms with Crippen molar-refractivity contribution in [2.24, 2.45) is 0 Å². The molecule has 208 valence electrons. The zero-order valence-electron chi connectivity index (χ0n) is 23.6. The molecule has 0 aliphatic carbocycles. The lowest BCUT2D eigenvalue weighted by atomic mass is 10.0. The predicted octanol–water partition coefficient (Wildman–Crippen LogP) is 3.18. The number of aliphatic hydroxyl groups is 1. The van der Waals surface area contributed by atoms with Crippen molar-refractivity contribution in [2.75, 3.05) is 48.0 Å². The number of rotatable bonds is 26. The Bertz CT molecular complexity index is 404. The molecule has 0 heterocycles. The van der Waals surface area contributed by atoms with Gasteiger partial charge in [0.2, 0.25) is 0 Å². The molecule has 0 saturated heterocycles. The van der Waals surface area contributed by atoms with E-state index in [1.807, 2.05) is 0 Å². The second-order valence-electron chi connectivity index (χ2n) is 10.5. The maximum Gasteiger partial charge on any atom is 0.297 e. The molecule has 0 aliphatic heterocycles. The largest absolute Gasteiger partial charge is 1.00 e. The first-order valence-corrected chi connectivity index (χ1v) is 15.7. The van der Waals surface area contributed by atoms with E-state index in [4.69, 9.17) is 13.9 Å². The lowest BCUT2D eigenvalue weighted by Crippen LogP contribution is -3.00. The number of halogens is 1. The van der Waals surface area contributed by atoms with Crippen molar-refractivity contribution in [2.45, 2.75) is 128 Å². The summed E-state index contributed by atoms with van der Waals surface area (Å²) < 4.78 is 17.1. The van der Waals surface area contributed by atoms with Gasteiger partial charge in [-0.15, -0.1) is 0 Å². The van der Waals surface area contributed by atoms with Gasteiger partial charge in [-0.3, -0.25) is 0 Å². The Hall–Kier alpha value is 0.307. The minimum atomic E-state index is -1.25. The van der Waals surface area contributed by atoms with E-state index in [1.54, 1.807) is 0 Å². The topological polar surface area (TPSA) is 47.9 Å². The summed E-state index contributed by atoms with van der Waals surface area (Å²) in [4.78, 5) is 0. The fraction of sp³-hybridized carbons (Fsp3) is 1.00. The number of hydrogen-bond acceptors (Lipinski definition) is 4. The highest BCUT2D eigenvalue weighted by Gasteiger charge is 2.29. The summed E-state index contributed by atoms with van der Waals surface area (Å²) in [6.07, 6.45) is 24.0. The van der Waals surface area contributed by atoms with Crippen LogP contribution in [0.4, 0.5) is 0 Å². The molecule has 0 aromatic rings. The molecule has 0 saturated carbocycles. The number of quaternary nitrogens is 1. The molecular weight excluding hydrogens is 466 g/mol. The molecule has 0 bridgehead atoms. The molecule has 7 heteroatoms. The number of aliphatic hydroxyl groups excluding tert-OH is 1. The molecule has 0 fully saturated rings. The summed E-state index contributed by atoms with van der Waals surface area (Å²) in [5.41, 5.74) is 0. The monoisotopic (exact) mass is 525 g/mol. The van der Waals surface area contributed by atoms with Gasteiger partial charge in [-0.25, -0.2) is 0 Å². The van der Waals surface area contributed by atoms with E-state index in [1.165, 1.54) is 130 Å². The second kappa shape index (κ2) is 25.0. The van der Waals surface area contributed by atoms with E-state index >= 15 is 0 Å². The quantitative estimate of drug-likeness (QED) is 0.0815. The van der Waals surface area contributed by atoms with Crippen molar-refractivity contribution in [3.8, 4) is 0 Å². The van der Waals surface area contributed by atoms with Crippen molar-refractivity contribution in [3.63, 3.8) is 0 Å². The van der Waals surface area contributed by atoms with Gasteiger partial charge in [0.15, 0.2) is 9.76 Å². The zero-order chi connectivity index (χ0) is 24.7. The molecule has 0 spiro atoms. The Morgan fingerprint density at radius 1 is 0.647 bits per heavy atom. The van der Waals surface area contributed by atoms with Gasteiger partial charge >= 0.3 is 0 Å². The van der Waals surface area contributed by atoms with E-state index < -0.39 is 15.7 Å². The molecule has 0 aromatic carbocycles. The van der Waals surface area contributed by atoms with Crippen LogP contribution in [0, 0.1) is 0 Å². The van der Waals surface area contributed by atoms with E-state index in [-0.39, 0.29) is 19.0 Å². The van der Waals surface area contributed by atoms with Gasteiger partial charge in [0.25, 0.3) is 5.97 Å². The molecule has 0 aromatic heterocycles. The third-order valence-electron chi connectivity index (χ3n) is 6.91. The van der Waals surface area contributed by atoms with Gasteiger partial charge in [0.1, 0.15) is 6.61 Å². The first-order chi connectivity index (χ1) is 15.9. The summed E-state index contributed by atoms with van der Waals surface area (Å²) in [5, 5.41) is 9.38. The first kappa shape index (κ1) is 36.5. The van der Waals surface area contributed by atoms with Crippen LogP contribution in [0.15, 0.2) is 0 Å². The van der Waals surface area contributed by atoms with Crippen molar-refractivity contribution >= 4 is 9.76 Å². The smallest absolute Gasteiger partial charge is 0.297 e. The normalized spacial score (nSPS) is 12.5. The number of unbranched alkanes of at least 4 members (excludes halogenated alkanes) is 15. The van der Waals surface area contributed by atoms with Crippen LogP contribution in [-0.2, 0) is 13.9 Å². The highest BCUT2D eigenvalue weighted by Crippen LogP contribution is 2.15. The van der Waals surface area contributed by atoms with Crippen LogP contribution in [0.25, 0.3) is 0 Å². The summed E-state index contributed by atoms with van der Waals surface area (Å²) >= 11 is 0. The summed E-state index contributed by atoms with van der Waals surface area (Å²) in [5.74, 6) is -1.25. The number of hydrogen-bond donors (Lipinski definition) is 1. The van der Waals surface area contributed by atoms with Crippen LogP contribution in [-0.4, -0.2) is 73.3 Å². The van der Waals surface area contributed by atoms with Crippen molar-refractivity contribution in [1.82, 2.24) is 0 Å². The molecule has 34 heavy (non-hydrogen) atoms. The van der Waals surface area contributed by atoms with Crippen molar-refractivity contribution in [3.05, 3.63) is 0 Å². The standard InChI is InChI=1S/C27H60NO4Si.ClH/c1-6-7-8-9-10-11-12-13-14-15-16-17-18-19-20-21-23-28(2,3)24-22-25-33-32-27(26-29,30-4)31-5;/h29H,6-26,33H2,1-5H3;1H/q+1;/p-1. The minimum absolute atomic E-state index is 0. The van der Waals surface area contributed by atoms with Gasteiger partial charge in [0.05, 0.1) is 27.2 Å². The van der Waals surface area contributed by atoms with Crippen LogP contribution < -0.4 is 12.4 Å². The Labute approximate surface area is 221 Å². The summed E-state index contributed by atoms with van der Waals surface area (Å²) in [6.45, 7) is 4.46. The van der Waals surface area contributed by atoms with Gasteiger partial charge in [-0.2, -0.15) is 0 Å². The average molecular weight is 526 g/mol. The van der Waals surface area contributed by atoms with E-state index in [0.29, 0.717) is 0 Å². The van der Waals surface area contributed by atoms with Crippen LogP contribution in [0.1, 0.15) is 116 Å². The summed E-state index contributed by atoms with van der Waals surface area (Å²) in [7, 11) is 6.94. The molecule has 0 rings (SSSR count). The fourth-order valence-corrected chi connectivity index (χ4v) is 5.66. The van der Waals surface area contributed by atoms with E-state index in [9.17, 15) is 5.11 Å². The second-order valence-corrected chi connectivity index (χ2v) is 11.9. The molecule has 0 unspecified atom stereocenters. The third-order valence-corrected chi connectivity index (χ3v) is 8.35. The Balaban J connectivity index is 0. The van der Waals surface area contributed by atoms with Gasteiger partial charge in [0, 0.05) is 14.2 Å². The van der Waals surface area contributed by atoms with Crippen LogP contribution in [0.3, 0.4) is 0 Å². The predicted molar refractivity (Wildman–Crippen MR) is 144 cm³/mol. The first-order valence-electron chi connectivity index (χ1n) is 14.1. The third kappa shape index (κ3) is 21.6. The number of nitrogens with zero attached hydrogens (tertiary/aromatic N) is 1. The lowest BCUT2D eigenvalue weighted by molar-refractivity contribution is -0.890. The van der Waals surface area contributed by atoms with E-state index in [2.05, 4.69) is 21.0 Å². The Morgan fingerprint density at radius 2 is 1.03 bits per heavy atom. The Morgan fingerprint density at radius 3 is 1.41 bits per heavy atom. The summed E-state index contributed by atoms with van der Waals surface area (Å²) in [6, 6.07) is 1.08. The lowest BCUT2D eigenvalue weighted by Gasteiger charge is -2.31. The van der Waals surface area contributed by atoms with Crippen molar-refractivity contribution < 1.29 is 35.9 Å². The van der Waals surface area contributed by atoms with Gasteiger partial charge < -0.3 is 35.9 Å². The van der Waals surface area contributed by atoms with Crippen LogP contribution in [0.5, 0.6) is 0 Å². The average Bonchev–Trinajstić information content (AvgIpc) is 2.81. The molecular formula is C27H60ClNO4Si. The molecule has 5 nitrogen and oxygen atoms in total. The molecule has 0 amide bonds. The molecule has 0 radical (unpaired) electrons. The van der Waals surface area contributed by atoms with Gasteiger partial charge in [-0.05, 0) is 25.3 Å². The zero-order valence-corrected chi connectivity index (χ0v) is 25.7. The fourth-order valence-electron chi connectivity index (χ4n) is 4.45.